The second kappa shape index (κ2) is 6.45. The topological polar surface area (TPSA) is 147 Å². The maximum Gasteiger partial charge on any atom is 0.336 e. The van der Waals surface area contributed by atoms with E-state index in [1.54, 1.807) is 13.0 Å². The number of benzene rings is 1. The van der Waals surface area contributed by atoms with Crippen LogP contribution in [0.5, 0.6) is 5.75 Å². The van der Waals surface area contributed by atoms with Crippen LogP contribution in [0.15, 0.2) is 33.5 Å². The molecule has 0 radical (unpaired) electrons. The number of ether oxygens (including phenoxy) is 2. The molecule has 1 aromatic heterocycles. The van der Waals surface area contributed by atoms with Crippen LogP contribution in [0, 0.1) is 6.92 Å². The van der Waals surface area contributed by atoms with Gasteiger partial charge in [-0.05, 0) is 24.6 Å². The Kier molecular flexibility index (Phi) is 4.48. The van der Waals surface area contributed by atoms with Gasteiger partial charge in [0.25, 0.3) is 0 Å². The van der Waals surface area contributed by atoms with Crippen molar-refractivity contribution in [3.8, 4) is 5.75 Å². The molecule has 0 spiro atoms. The number of aliphatic hydroxyl groups excluding tert-OH is 3. The Balaban J connectivity index is 1.89. The van der Waals surface area contributed by atoms with E-state index in [0.29, 0.717) is 10.9 Å². The summed E-state index contributed by atoms with van der Waals surface area (Å²) >= 11 is 0. The fourth-order valence-electron chi connectivity index (χ4n) is 2.66. The second-order valence-corrected chi connectivity index (χ2v) is 5.76. The lowest BCUT2D eigenvalue weighted by molar-refractivity contribution is -0.271. The van der Waals surface area contributed by atoms with E-state index in [4.69, 9.17) is 19.0 Å². The molecule has 5 atom stereocenters. The predicted molar refractivity (Wildman–Crippen MR) is 82.2 cm³/mol. The van der Waals surface area contributed by atoms with E-state index in [-0.39, 0.29) is 11.3 Å². The van der Waals surface area contributed by atoms with Crippen LogP contribution in [-0.2, 0) is 9.53 Å². The number of hydrogen-bond donors (Lipinski definition) is 4. The number of hydrogen-bond acceptors (Lipinski definition) is 8. The first kappa shape index (κ1) is 17.4. The summed E-state index contributed by atoms with van der Waals surface area (Å²) in [4.78, 5) is 22.5. The first-order chi connectivity index (χ1) is 11.8. The molecule has 4 N–H and O–H groups in total. The van der Waals surface area contributed by atoms with Gasteiger partial charge >= 0.3 is 11.6 Å². The van der Waals surface area contributed by atoms with Crippen LogP contribution in [-0.4, -0.2) is 57.1 Å². The predicted octanol–water partition coefficient (Wildman–Crippen LogP) is -0.628. The molecule has 2 heterocycles. The van der Waals surface area contributed by atoms with Gasteiger partial charge in [-0.1, -0.05) is 0 Å². The van der Waals surface area contributed by atoms with Gasteiger partial charge in [0.1, 0.15) is 29.6 Å². The Hall–Kier alpha value is -2.46. The molecule has 1 aromatic carbocycles. The van der Waals surface area contributed by atoms with Crippen LogP contribution in [0.1, 0.15) is 5.56 Å². The molecule has 1 saturated heterocycles. The van der Waals surface area contributed by atoms with Gasteiger partial charge in [-0.3, -0.25) is 0 Å². The average molecular weight is 352 g/mol. The van der Waals surface area contributed by atoms with Gasteiger partial charge < -0.3 is 34.3 Å². The minimum absolute atomic E-state index is 0.123. The average Bonchev–Trinajstić information content (AvgIpc) is 2.54. The lowest BCUT2D eigenvalue weighted by atomic mass is 9.99. The van der Waals surface area contributed by atoms with Gasteiger partial charge in [0.2, 0.25) is 6.29 Å². The van der Waals surface area contributed by atoms with Gasteiger partial charge in [-0.15, -0.1) is 0 Å². The van der Waals surface area contributed by atoms with Crippen LogP contribution in [0.4, 0.5) is 0 Å². The minimum atomic E-state index is -1.80. The second-order valence-electron chi connectivity index (χ2n) is 5.76. The molecule has 3 rings (SSSR count). The number of carbonyl (C=O) groups is 1. The first-order valence-electron chi connectivity index (χ1n) is 7.41. The molecule has 0 bridgehead atoms. The van der Waals surface area contributed by atoms with Crippen molar-refractivity contribution in [2.45, 2.75) is 37.6 Å². The SMILES string of the molecule is Cc1cc(=O)oc2cc(O[C@H]3OC(C(=O)O)[C@H](O)C(O)C3O)ccc12. The normalized spacial score (nSPS) is 29.5. The summed E-state index contributed by atoms with van der Waals surface area (Å²) in [6.45, 7) is 1.74. The van der Waals surface area contributed by atoms with Crippen LogP contribution < -0.4 is 10.4 Å². The smallest absolute Gasteiger partial charge is 0.336 e. The molecule has 0 saturated carbocycles. The van der Waals surface area contributed by atoms with Gasteiger partial charge in [-0.25, -0.2) is 9.59 Å². The number of carboxylic acid groups (broad SMARTS) is 1. The van der Waals surface area contributed by atoms with Gasteiger partial charge in [0.15, 0.2) is 6.10 Å². The zero-order valence-electron chi connectivity index (χ0n) is 13.0. The van der Waals surface area contributed by atoms with E-state index in [1.807, 2.05) is 0 Å². The number of rotatable bonds is 3. The molecule has 25 heavy (non-hydrogen) atoms. The number of fused-ring (bicyclic) bond motifs is 1. The van der Waals surface area contributed by atoms with Gasteiger partial charge in [0.05, 0.1) is 0 Å². The monoisotopic (exact) mass is 352 g/mol. The Labute approximate surface area is 140 Å². The zero-order valence-corrected chi connectivity index (χ0v) is 13.0. The fourth-order valence-corrected chi connectivity index (χ4v) is 2.66. The summed E-state index contributed by atoms with van der Waals surface area (Å²) in [5.74, 6) is -1.38. The van der Waals surface area contributed by atoms with Crippen molar-refractivity contribution >= 4 is 16.9 Å². The van der Waals surface area contributed by atoms with E-state index < -0.39 is 42.3 Å². The standard InChI is InChI=1S/C16H16O9/c1-6-4-10(17)24-9-5-7(2-3-8(6)9)23-16-13(20)11(18)12(19)14(25-16)15(21)22/h2-5,11-14,16,18-20H,1H3,(H,21,22)/t11?,12-,13?,14?,16+/m1/s1. The molecule has 0 amide bonds. The molecule has 1 aliphatic heterocycles. The number of aliphatic carboxylic acids is 1. The number of carboxylic acids is 1. The molecular weight excluding hydrogens is 336 g/mol. The minimum Gasteiger partial charge on any atom is -0.479 e. The van der Waals surface area contributed by atoms with E-state index in [2.05, 4.69) is 0 Å². The van der Waals surface area contributed by atoms with Crippen molar-refractivity contribution in [1.82, 2.24) is 0 Å². The van der Waals surface area contributed by atoms with Crippen LogP contribution in [0.25, 0.3) is 11.0 Å². The summed E-state index contributed by atoms with van der Waals surface area (Å²) in [6, 6.07) is 5.86. The molecule has 9 heteroatoms. The van der Waals surface area contributed by atoms with Gasteiger partial charge in [0, 0.05) is 17.5 Å². The van der Waals surface area contributed by atoms with Crippen LogP contribution >= 0.6 is 0 Å². The lowest BCUT2D eigenvalue weighted by Gasteiger charge is -2.38. The third-order valence-electron chi connectivity index (χ3n) is 3.99. The highest BCUT2D eigenvalue weighted by Gasteiger charge is 2.48. The first-order valence-corrected chi connectivity index (χ1v) is 7.41. The highest BCUT2D eigenvalue weighted by atomic mass is 16.7. The molecule has 0 aliphatic carbocycles. The highest BCUT2D eigenvalue weighted by molar-refractivity contribution is 5.81. The van der Waals surface area contributed by atoms with Crippen LogP contribution in [0.2, 0.25) is 0 Å². The Morgan fingerprint density at radius 3 is 2.52 bits per heavy atom. The summed E-state index contributed by atoms with van der Waals surface area (Å²) in [5.41, 5.74) is 0.403. The van der Waals surface area contributed by atoms with Crippen LogP contribution in [0.3, 0.4) is 0 Å². The van der Waals surface area contributed by atoms with Crippen molar-refractivity contribution in [1.29, 1.82) is 0 Å². The molecule has 134 valence electrons. The zero-order chi connectivity index (χ0) is 18.3. The molecule has 1 aliphatic rings. The Bertz CT molecular complexity index is 858. The lowest BCUT2D eigenvalue weighted by Crippen LogP contribution is -2.61. The van der Waals surface area contributed by atoms with Crippen molar-refractivity contribution in [3.63, 3.8) is 0 Å². The third kappa shape index (κ3) is 3.22. The maximum absolute atomic E-state index is 11.5. The van der Waals surface area contributed by atoms with E-state index >= 15 is 0 Å². The molecular formula is C16H16O9. The quantitative estimate of drug-likeness (QED) is 0.530. The summed E-state index contributed by atoms with van der Waals surface area (Å²) in [6.07, 6.45) is -8.53. The Morgan fingerprint density at radius 2 is 1.84 bits per heavy atom. The summed E-state index contributed by atoms with van der Waals surface area (Å²) in [7, 11) is 0. The number of aryl methyl sites for hydroxylation is 1. The van der Waals surface area contributed by atoms with Crippen molar-refractivity contribution in [3.05, 3.63) is 40.2 Å². The summed E-state index contributed by atoms with van der Waals surface area (Å²) in [5, 5.41) is 39.1. The number of aliphatic hydroxyl groups is 3. The fraction of sp³-hybridized carbons (Fsp3) is 0.375. The van der Waals surface area contributed by atoms with Crippen molar-refractivity contribution < 1.29 is 39.1 Å². The van der Waals surface area contributed by atoms with E-state index in [1.165, 1.54) is 18.2 Å². The maximum atomic E-state index is 11.5. The van der Waals surface area contributed by atoms with E-state index in [0.717, 1.165) is 0 Å². The molecule has 2 aromatic rings. The van der Waals surface area contributed by atoms with E-state index in [9.17, 15) is 24.9 Å². The van der Waals surface area contributed by atoms with Gasteiger partial charge in [-0.2, -0.15) is 0 Å². The Morgan fingerprint density at radius 1 is 1.12 bits per heavy atom. The largest absolute Gasteiger partial charge is 0.479 e. The molecule has 3 unspecified atom stereocenters. The highest BCUT2D eigenvalue weighted by Crippen LogP contribution is 2.27. The third-order valence-corrected chi connectivity index (χ3v) is 3.99. The molecule has 1 fully saturated rings. The molecule has 9 nitrogen and oxygen atoms in total. The van der Waals surface area contributed by atoms with Crippen molar-refractivity contribution in [2.24, 2.45) is 0 Å². The summed E-state index contributed by atoms with van der Waals surface area (Å²) < 4.78 is 15.5. The van der Waals surface area contributed by atoms with Crippen molar-refractivity contribution in [2.75, 3.05) is 0 Å².